The molecule has 0 spiro atoms. The fourth-order valence-corrected chi connectivity index (χ4v) is 3.28. The van der Waals surface area contributed by atoms with Crippen LogP contribution in [0.25, 0.3) is 0 Å². The van der Waals surface area contributed by atoms with Gasteiger partial charge < -0.3 is 20.9 Å². The highest BCUT2D eigenvalue weighted by molar-refractivity contribution is 5.92. The second kappa shape index (κ2) is 12.9. The maximum Gasteiger partial charge on any atom is 0.245 e. The van der Waals surface area contributed by atoms with Gasteiger partial charge in [0.2, 0.25) is 17.7 Å². The average Bonchev–Trinajstić information content (AvgIpc) is 2.73. The number of hydrogen-bond acceptors (Lipinski definition) is 4. The normalized spacial score (nSPS) is 12.8. The summed E-state index contributed by atoms with van der Waals surface area (Å²) in [5, 5.41) is 3.08. The number of likely N-dealkylation sites (N-methyl/N-ethyl adjacent to an activating group) is 1. The van der Waals surface area contributed by atoms with E-state index in [1.807, 2.05) is 37.4 Å². The summed E-state index contributed by atoms with van der Waals surface area (Å²) in [7, 11) is 3.61. The van der Waals surface area contributed by atoms with E-state index in [9.17, 15) is 14.4 Å². The Balaban J connectivity index is 3.02. The van der Waals surface area contributed by atoms with Crippen LogP contribution in [0.15, 0.2) is 30.3 Å². The number of carbonyl (C=O) groups excluding carboxylic acids is 3. The molecular weight excluding hydrogens is 368 g/mol. The molecule has 0 radical (unpaired) electrons. The molecule has 7 nitrogen and oxygen atoms in total. The van der Waals surface area contributed by atoms with Crippen LogP contribution in [-0.4, -0.2) is 67.3 Å². The summed E-state index contributed by atoms with van der Waals surface area (Å²) in [5.74, 6) is -1.75. The van der Waals surface area contributed by atoms with Crippen molar-refractivity contribution in [3.63, 3.8) is 0 Å². The molecule has 7 heteroatoms. The molecule has 1 rings (SSSR count). The number of rotatable bonds is 13. The standard InChI is InChI=1S/C22H36N4O3/c1-5-19(27)26(16-13-18-11-7-6-8-12-18)20(17(2)21(23)28)22(29)25(4)15-10-9-14-24-3/h6-8,11-12,17,20,24H,5,9-10,13-16H2,1-4H3,(H2,23,28)/t17-,20-/m1/s1. The highest BCUT2D eigenvalue weighted by atomic mass is 16.2. The first kappa shape index (κ1) is 24.6. The fourth-order valence-electron chi connectivity index (χ4n) is 3.28. The monoisotopic (exact) mass is 404 g/mol. The van der Waals surface area contributed by atoms with Crippen LogP contribution in [0.3, 0.4) is 0 Å². The van der Waals surface area contributed by atoms with Gasteiger partial charge in [-0.1, -0.05) is 44.2 Å². The van der Waals surface area contributed by atoms with Gasteiger partial charge in [-0.2, -0.15) is 0 Å². The van der Waals surface area contributed by atoms with E-state index in [0.717, 1.165) is 24.9 Å². The van der Waals surface area contributed by atoms with Crippen LogP contribution in [0.2, 0.25) is 0 Å². The van der Waals surface area contributed by atoms with E-state index in [4.69, 9.17) is 5.73 Å². The van der Waals surface area contributed by atoms with Crippen molar-refractivity contribution in [3.8, 4) is 0 Å². The quantitative estimate of drug-likeness (QED) is 0.486. The Labute approximate surface area is 174 Å². The van der Waals surface area contributed by atoms with Gasteiger partial charge in [-0.05, 0) is 38.4 Å². The predicted octanol–water partition coefficient (Wildman–Crippen LogP) is 1.42. The molecule has 0 unspecified atom stereocenters. The molecule has 0 fully saturated rings. The molecule has 29 heavy (non-hydrogen) atoms. The van der Waals surface area contributed by atoms with Crippen molar-refractivity contribution in [2.75, 3.05) is 33.7 Å². The summed E-state index contributed by atoms with van der Waals surface area (Å²) in [6, 6.07) is 8.89. The van der Waals surface area contributed by atoms with E-state index in [1.165, 1.54) is 4.90 Å². The van der Waals surface area contributed by atoms with Crippen LogP contribution in [0.1, 0.15) is 38.7 Å². The van der Waals surface area contributed by atoms with E-state index in [0.29, 0.717) is 19.5 Å². The summed E-state index contributed by atoms with van der Waals surface area (Å²) in [4.78, 5) is 41.1. The molecule has 0 heterocycles. The third kappa shape index (κ3) is 7.85. The molecule has 0 aromatic heterocycles. The lowest BCUT2D eigenvalue weighted by atomic mass is 9.96. The van der Waals surface area contributed by atoms with Crippen LogP contribution >= 0.6 is 0 Å². The summed E-state index contributed by atoms with van der Waals surface area (Å²) >= 11 is 0. The summed E-state index contributed by atoms with van der Waals surface area (Å²) in [5.41, 5.74) is 6.61. The van der Waals surface area contributed by atoms with Crippen molar-refractivity contribution in [2.24, 2.45) is 11.7 Å². The van der Waals surface area contributed by atoms with Crippen molar-refractivity contribution < 1.29 is 14.4 Å². The second-order valence-electron chi connectivity index (χ2n) is 7.38. The molecule has 0 aliphatic heterocycles. The average molecular weight is 405 g/mol. The Morgan fingerprint density at radius 1 is 1.10 bits per heavy atom. The van der Waals surface area contributed by atoms with E-state index in [1.54, 1.807) is 25.8 Å². The minimum absolute atomic E-state index is 0.157. The maximum atomic E-state index is 13.2. The number of unbranched alkanes of at least 4 members (excludes halogenated alkanes) is 1. The summed E-state index contributed by atoms with van der Waals surface area (Å²) in [6.07, 6.45) is 2.64. The van der Waals surface area contributed by atoms with Gasteiger partial charge in [0.1, 0.15) is 6.04 Å². The molecule has 1 aromatic carbocycles. The van der Waals surface area contributed by atoms with Gasteiger partial charge in [0.25, 0.3) is 0 Å². The number of benzene rings is 1. The van der Waals surface area contributed by atoms with Crippen molar-refractivity contribution >= 4 is 17.7 Å². The highest BCUT2D eigenvalue weighted by Gasteiger charge is 2.37. The SMILES string of the molecule is CCC(=O)N(CCc1ccccc1)[C@@H](C(=O)N(C)CCCCNC)[C@@H](C)C(N)=O. The first-order valence-electron chi connectivity index (χ1n) is 10.4. The van der Waals surface area contributed by atoms with Crippen molar-refractivity contribution in [1.82, 2.24) is 15.1 Å². The number of primary amides is 1. The molecule has 0 saturated heterocycles. The van der Waals surface area contributed by atoms with Crippen LogP contribution in [0, 0.1) is 5.92 Å². The predicted molar refractivity (Wildman–Crippen MR) is 115 cm³/mol. The third-order valence-corrected chi connectivity index (χ3v) is 5.16. The van der Waals surface area contributed by atoms with Gasteiger partial charge >= 0.3 is 0 Å². The molecule has 0 aliphatic rings. The number of carbonyl (C=O) groups is 3. The molecule has 162 valence electrons. The molecule has 2 atom stereocenters. The Morgan fingerprint density at radius 2 is 1.76 bits per heavy atom. The molecular formula is C22H36N4O3. The van der Waals surface area contributed by atoms with Crippen molar-refractivity contribution in [1.29, 1.82) is 0 Å². The van der Waals surface area contributed by atoms with Gasteiger partial charge in [0.15, 0.2) is 0 Å². The van der Waals surface area contributed by atoms with E-state index >= 15 is 0 Å². The van der Waals surface area contributed by atoms with Crippen molar-refractivity contribution in [3.05, 3.63) is 35.9 Å². The summed E-state index contributed by atoms with van der Waals surface area (Å²) in [6.45, 7) is 5.18. The highest BCUT2D eigenvalue weighted by Crippen LogP contribution is 2.17. The first-order valence-corrected chi connectivity index (χ1v) is 10.4. The fraction of sp³-hybridized carbons (Fsp3) is 0.591. The van der Waals surface area contributed by atoms with Crippen LogP contribution in [0.5, 0.6) is 0 Å². The number of nitrogens with one attached hydrogen (secondary N) is 1. The Kier molecular flexibility index (Phi) is 11.0. The minimum atomic E-state index is -0.891. The zero-order valence-electron chi connectivity index (χ0n) is 18.2. The molecule has 0 bridgehead atoms. The van der Waals surface area contributed by atoms with E-state index in [2.05, 4.69) is 5.32 Å². The van der Waals surface area contributed by atoms with Gasteiger partial charge in [0.05, 0.1) is 5.92 Å². The lowest BCUT2D eigenvalue weighted by Crippen LogP contribution is -2.56. The largest absolute Gasteiger partial charge is 0.369 e. The van der Waals surface area contributed by atoms with Gasteiger partial charge in [-0.15, -0.1) is 0 Å². The molecule has 3 amide bonds. The number of amides is 3. The number of nitrogens with two attached hydrogens (primary N) is 1. The Morgan fingerprint density at radius 3 is 2.31 bits per heavy atom. The number of nitrogens with zero attached hydrogens (tertiary/aromatic N) is 2. The van der Waals surface area contributed by atoms with Crippen LogP contribution in [0.4, 0.5) is 0 Å². The minimum Gasteiger partial charge on any atom is -0.369 e. The van der Waals surface area contributed by atoms with Gasteiger partial charge in [-0.3, -0.25) is 14.4 Å². The molecule has 1 aromatic rings. The summed E-state index contributed by atoms with van der Waals surface area (Å²) < 4.78 is 0. The maximum absolute atomic E-state index is 13.2. The smallest absolute Gasteiger partial charge is 0.245 e. The van der Waals surface area contributed by atoms with Gasteiger partial charge in [-0.25, -0.2) is 0 Å². The van der Waals surface area contributed by atoms with E-state index in [-0.39, 0.29) is 18.2 Å². The van der Waals surface area contributed by atoms with Crippen LogP contribution in [-0.2, 0) is 20.8 Å². The van der Waals surface area contributed by atoms with Crippen LogP contribution < -0.4 is 11.1 Å². The van der Waals surface area contributed by atoms with Gasteiger partial charge in [0, 0.05) is 26.6 Å². The zero-order chi connectivity index (χ0) is 21.8. The Hall–Kier alpha value is -2.41. The first-order chi connectivity index (χ1) is 13.8. The topological polar surface area (TPSA) is 95.7 Å². The molecule has 3 N–H and O–H groups in total. The third-order valence-electron chi connectivity index (χ3n) is 5.16. The number of hydrogen-bond donors (Lipinski definition) is 2. The molecule has 0 saturated carbocycles. The Bertz CT molecular complexity index is 651. The van der Waals surface area contributed by atoms with E-state index < -0.39 is 17.9 Å². The lowest BCUT2D eigenvalue weighted by Gasteiger charge is -2.36. The lowest BCUT2D eigenvalue weighted by molar-refractivity contribution is -0.149. The molecule has 0 aliphatic carbocycles. The zero-order valence-corrected chi connectivity index (χ0v) is 18.2. The second-order valence-corrected chi connectivity index (χ2v) is 7.38. The van der Waals surface area contributed by atoms with Crippen molar-refractivity contribution in [2.45, 2.75) is 45.6 Å².